The van der Waals surface area contributed by atoms with E-state index in [-0.39, 0.29) is 24.0 Å². The molecule has 0 radical (unpaired) electrons. The maximum Gasteiger partial charge on any atom is 0.242 e. The van der Waals surface area contributed by atoms with Crippen molar-refractivity contribution < 1.29 is 9.53 Å². The number of hydrogen-bond donors (Lipinski definition) is 3. The molecule has 0 bridgehead atoms. The van der Waals surface area contributed by atoms with Gasteiger partial charge in [0.1, 0.15) is 12.3 Å². The highest BCUT2D eigenvalue weighted by atomic mass is 16.5. The Bertz CT molecular complexity index is 654. The fourth-order valence-corrected chi connectivity index (χ4v) is 3.11. The number of ether oxygens (including phenoxy) is 1. The van der Waals surface area contributed by atoms with Crippen LogP contribution in [0.4, 0.5) is 5.69 Å². The summed E-state index contributed by atoms with van der Waals surface area (Å²) in [4.78, 5) is 18.8. The summed E-state index contributed by atoms with van der Waals surface area (Å²) < 4.78 is 5.47. The molecule has 0 aliphatic carbocycles. The van der Waals surface area contributed by atoms with Gasteiger partial charge in [-0.15, -0.1) is 0 Å². The predicted molar refractivity (Wildman–Crippen MR) is 111 cm³/mol. The lowest BCUT2D eigenvalue weighted by Gasteiger charge is -2.22. The first-order chi connectivity index (χ1) is 12.8. The summed E-state index contributed by atoms with van der Waals surface area (Å²) in [5.74, 6) is 1.48. The van der Waals surface area contributed by atoms with E-state index in [9.17, 15) is 4.79 Å². The molecule has 1 unspecified atom stereocenters. The Morgan fingerprint density at radius 2 is 2.07 bits per heavy atom. The van der Waals surface area contributed by atoms with Crippen LogP contribution in [-0.2, 0) is 4.79 Å². The third-order valence-corrected chi connectivity index (χ3v) is 4.19. The lowest BCUT2D eigenvalue weighted by Crippen LogP contribution is -2.46. The second-order valence-corrected chi connectivity index (χ2v) is 7.74. The molecule has 1 aromatic carbocycles. The monoisotopic (exact) mass is 375 g/mol. The second kappa shape index (κ2) is 9.48. The van der Waals surface area contributed by atoms with Gasteiger partial charge < -0.3 is 25.6 Å². The van der Waals surface area contributed by atoms with E-state index in [1.165, 1.54) is 0 Å². The Morgan fingerprint density at radius 3 is 2.74 bits per heavy atom. The van der Waals surface area contributed by atoms with Gasteiger partial charge >= 0.3 is 0 Å². The lowest BCUT2D eigenvalue weighted by atomic mass is 10.1. The van der Waals surface area contributed by atoms with Gasteiger partial charge in [-0.3, -0.25) is 4.79 Å². The number of hydrogen-bond acceptors (Lipinski definition) is 4. The largest absolute Gasteiger partial charge is 0.495 e. The Morgan fingerprint density at radius 1 is 1.33 bits per heavy atom. The number of nitrogens with one attached hydrogen (secondary N) is 3. The molecule has 1 heterocycles. The van der Waals surface area contributed by atoms with Crippen molar-refractivity contribution in [3.05, 3.63) is 24.3 Å². The highest BCUT2D eigenvalue weighted by Crippen LogP contribution is 2.30. The summed E-state index contributed by atoms with van der Waals surface area (Å²) in [6.45, 7) is 10.6. The van der Waals surface area contributed by atoms with Crippen molar-refractivity contribution >= 4 is 17.6 Å². The molecule has 1 atom stereocenters. The molecule has 0 aromatic heterocycles. The van der Waals surface area contributed by atoms with Crippen LogP contribution in [0.5, 0.6) is 5.75 Å². The molecule has 0 spiro atoms. The minimum atomic E-state index is -0.251. The van der Waals surface area contributed by atoms with E-state index in [1.807, 2.05) is 45.9 Å². The number of anilines is 1. The maximum atomic E-state index is 12.0. The van der Waals surface area contributed by atoms with Crippen LogP contribution in [0.2, 0.25) is 0 Å². The Labute approximate surface area is 162 Å². The molecule has 1 aromatic rings. The SMILES string of the molecule is CCNC(=NCC(=O)NC(C)(C)C)NC1CCN(c2ccccc2OC)C1. The number of benzene rings is 1. The molecular formula is C20H33N5O2. The molecule has 1 amide bonds. The fraction of sp³-hybridized carbons (Fsp3) is 0.600. The first kappa shape index (κ1) is 20.9. The van der Waals surface area contributed by atoms with Crippen LogP contribution in [0.25, 0.3) is 0 Å². The van der Waals surface area contributed by atoms with Crippen molar-refractivity contribution in [3.63, 3.8) is 0 Å². The van der Waals surface area contributed by atoms with E-state index < -0.39 is 0 Å². The van der Waals surface area contributed by atoms with Crippen LogP contribution < -0.4 is 25.6 Å². The molecule has 7 nitrogen and oxygen atoms in total. The standard InChI is InChI=1S/C20H33N5O2/c1-6-21-19(22-13-18(26)24-20(2,3)4)23-15-11-12-25(14-15)16-9-7-8-10-17(16)27-5/h7-10,15H,6,11-14H2,1-5H3,(H,24,26)(H2,21,22,23). The molecule has 1 saturated heterocycles. The zero-order chi connectivity index (χ0) is 19.9. The van der Waals surface area contributed by atoms with Crippen LogP contribution in [0.1, 0.15) is 34.1 Å². The smallest absolute Gasteiger partial charge is 0.242 e. The van der Waals surface area contributed by atoms with E-state index in [2.05, 4.69) is 31.9 Å². The number of methoxy groups -OCH3 is 1. The maximum absolute atomic E-state index is 12.0. The van der Waals surface area contributed by atoms with Crippen molar-refractivity contribution in [1.82, 2.24) is 16.0 Å². The van der Waals surface area contributed by atoms with Crippen LogP contribution >= 0.6 is 0 Å². The predicted octanol–water partition coefficient (Wildman–Crippen LogP) is 1.74. The van der Waals surface area contributed by atoms with E-state index in [4.69, 9.17) is 4.74 Å². The molecule has 2 rings (SSSR count). The van der Waals surface area contributed by atoms with E-state index in [1.54, 1.807) is 7.11 Å². The quantitative estimate of drug-likeness (QED) is 0.522. The van der Waals surface area contributed by atoms with Crippen LogP contribution in [0, 0.1) is 0 Å². The summed E-state index contributed by atoms with van der Waals surface area (Å²) in [5.41, 5.74) is 0.856. The number of guanidine groups is 1. The first-order valence-corrected chi connectivity index (χ1v) is 9.56. The van der Waals surface area contributed by atoms with Gasteiger partial charge in [0.15, 0.2) is 5.96 Å². The van der Waals surface area contributed by atoms with Gasteiger partial charge in [-0.1, -0.05) is 12.1 Å². The molecular weight excluding hydrogens is 342 g/mol. The number of amides is 1. The number of carbonyl (C=O) groups excluding carboxylic acids is 1. The van der Waals surface area contributed by atoms with Crippen molar-refractivity contribution in [2.45, 2.75) is 45.7 Å². The van der Waals surface area contributed by atoms with Crippen molar-refractivity contribution in [1.29, 1.82) is 0 Å². The highest BCUT2D eigenvalue weighted by molar-refractivity contribution is 5.85. The molecule has 3 N–H and O–H groups in total. The van der Waals surface area contributed by atoms with Gasteiger partial charge in [-0.25, -0.2) is 4.99 Å². The van der Waals surface area contributed by atoms with Crippen molar-refractivity contribution in [2.75, 3.05) is 38.2 Å². The van der Waals surface area contributed by atoms with Crippen molar-refractivity contribution in [2.24, 2.45) is 4.99 Å². The van der Waals surface area contributed by atoms with Gasteiger partial charge in [0.2, 0.25) is 5.91 Å². The average Bonchev–Trinajstić information content (AvgIpc) is 3.06. The molecule has 27 heavy (non-hydrogen) atoms. The molecule has 1 fully saturated rings. The van der Waals surface area contributed by atoms with Gasteiger partial charge in [0.25, 0.3) is 0 Å². The third kappa shape index (κ3) is 6.66. The number of aliphatic imine (C=N–C) groups is 1. The minimum absolute atomic E-state index is 0.0817. The van der Waals surface area contributed by atoms with Gasteiger partial charge in [-0.2, -0.15) is 0 Å². The minimum Gasteiger partial charge on any atom is -0.495 e. The van der Waals surface area contributed by atoms with Crippen LogP contribution in [-0.4, -0.2) is 56.7 Å². The molecule has 150 valence electrons. The number of carbonyl (C=O) groups is 1. The number of nitrogens with zero attached hydrogens (tertiary/aromatic N) is 2. The third-order valence-electron chi connectivity index (χ3n) is 4.19. The summed E-state index contributed by atoms with van der Waals surface area (Å²) in [7, 11) is 1.70. The van der Waals surface area contributed by atoms with E-state index in [0.717, 1.165) is 37.5 Å². The van der Waals surface area contributed by atoms with Gasteiger partial charge in [-0.05, 0) is 46.2 Å². The summed E-state index contributed by atoms with van der Waals surface area (Å²) in [5, 5.41) is 9.60. The highest BCUT2D eigenvalue weighted by Gasteiger charge is 2.25. The number of para-hydroxylation sites is 2. The molecule has 1 aliphatic rings. The second-order valence-electron chi connectivity index (χ2n) is 7.74. The summed E-state index contributed by atoms with van der Waals surface area (Å²) >= 11 is 0. The van der Waals surface area contributed by atoms with Gasteiger partial charge in [0, 0.05) is 31.2 Å². The van der Waals surface area contributed by atoms with Gasteiger partial charge in [0.05, 0.1) is 12.8 Å². The van der Waals surface area contributed by atoms with Crippen LogP contribution in [0.3, 0.4) is 0 Å². The Kier molecular flexibility index (Phi) is 7.33. The normalized spacial score (nSPS) is 17.6. The number of rotatable bonds is 6. The zero-order valence-electron chi connectivity index (χ0n) is 17.1. The zero-order valence-corrected chi connectivity index (χ0v) is 17.1. The van der Waals surface area contributed by atoms with Crippen LogP contribution in [0.15, 0.2) is 29.3 Å². The average molecular weight is 376 g/mol. The Balaban J connectivity index is 1.95. The molecule has 1 aliphatic heterocycles. The summed E-state index contributed by atoms with van der Waals surface area (Å²) in [6, 6.07) is 8.33. The first-order valence-electron chi connectivity index (χ1n) is 9.56. The van der Waals surface area contributed by atoms with Crippen molar-refractivity contribution in [3.8, 4) is 5.75 Å². The fourth-order valence-electron chi connectivity index (χ4n) is 3.11. The topological polar surface area (TPSA) is 78.0 Å². The Hall–Kier alpha value is -2.44. The van der Waals surface area contributed by atoms with E-state index >= 15 is 0 Å². The molecule has 0 saturated carbocycles. The molecule has 7 heteroatoms. The van der Waals surface area contributed by atoms with E-state index in [0.29, 0.717) is 5.96 Å². The summed E-state index contributed by atoms with van der Waals surface area (Å²) in [6.07, 6.45) is 0.997. The lowest BCUT2D eigenvalue weighted by molar-refractivity contribution is -0.121.